The number of allylic oxidation sites excluding steroid dienone is 4. The summed E-state index contributed by atoms with van der Waals surface area (Å²) in [5.74, 6) is 0.375. The summed E-state index contributed by atoms with van der Waals surface area (Å²) in [6, 6.07) is 8.57. The van der Waals surface area contributed by atoms with Crippen molar-refractivity contribution >= 4 is 0 Å². The summed E-state index contributed by atoms with van der Waals surface area (Å²) in [5, 5.41) is 0. The van der Waals surface area contributed by atoms with Gasteiger partial charge in [0.25, 0.3) is 0 Å². The summed E-state index contributed by atoms with van der Waals surface area (Å²) >= 11 is 0. The van der Waals surface area contributed by atoms with E-state index in [4.69, 9.17) is 5.73 Å². The van der Waals surface area contributed by atoms with Gasteiger partial charge >= 0.3 is 0 Å². The first kappa shape index (κ1) is 9.07. The Hall–Kier alpha value is -1.50. The van der Waals surface area contributed by atoms with Crippen LogP contribution in [0.3, 0.4) is 0 Å². The third-order valence-electron chi connectivity index (χ3n) is 2.64. The Morgan fingerprint density at radius 1 is 1.36 bits per heavy atom. The molecule has 1 atom stereocenters. The van der Waals surface area contributed by atoms with Gasteiger partial charge in [0.1, 0.15) is 0 Å². The Balaban J connectivity index is 2.32. The summed E-state index contributed by atoms with van der Waals surface area (Å²) in [5.41, 5.74) is 9.56. The minimum Gasteiger partial charge on any atom is -0.402 e. The maximum atomic E-state index is 5.97. The van der Waals surface area contributed by atoms with Crippen molar-refractivity contribution in [1.29, 1.82) is 0 Å². The Labute approximate surface area is 84.9 Å². The highest BCUT2D eigenvalue weighted by Crippen LogP contribution is 2.28. The van der Waals surface area contributed by atoms with E-state index in [1.807, 2.05) is 12.2 Å². The van der Waals surface area contributed by atoms with Gasteiger partial charge in [0, 0.05) is 11.6 Å². The summed E-state index contributed by atoms with van der Waals surface area (Å²) < 4.78 is 0. The van der Waals surface area contributed by atoms with Crippen LogP contribution < -0.4 is 5.73 Å². The topological polar surface area (TPSA) is 26.0 Å². The van der Waals surface area contributed by atoms with E-state index in [0.717, 1.165) is 12.1 Å². The molecule has 0 saturated heterocycles. The van der Waals surface area contributed by atoms with E-state index in [2.05, 4.69) is 37.3 Å². The molecule has 1 aliphatic rings. The molecule has 1 aromatic rings. The van der Waals surface area contributed by atoms with E-state index in [0.29, 0.717) is 5.92 Å². The maximum absolute atomic E-state index is 5.97. The highest BCUT2D eigenvalue weighted by molar-refractivity contribution is 5.35. The van der Waals surface area contributed by atoms with Crippen LogP contribution in [0.15, 0.2) is 48.2 Å². The van der Waals surface area contributed by atoms with E-state index in [9.17, 15) is 0 Å². The highest BCUT2D eigenvalue weighted by atomic mass is 14.6. The molecular weight excluding hydrogens is 170 g/mol. The van der Waals surface area contributed by atoms with Gasteiger partial charge in [-0.2, -0.15) is 0 Å². The van der Waals surface area contributed by atoms with Crippen LogP contribution in [0.25, 0.3) is 0 Å². The summed E-state index contributed by atoms with van der Waals surface area (Å²) in [6.07, 6.45) is 7.22. The number of rotatable bonds is 1. The van der Waals surface area contributed by atoms with Crippen molar-refractivity contribution in [3.63, 3.8) is 0 Å². The molecule has 0 aromatic heterocycles. The molecule has 1 aliphatic carbocycles. The van der Waals surface area contributed by atoms with Gasteiger partial charge in [-0.05, 0) is 25.0 Å². The maximum Gasteiger partial charge on any atom is 0.0270 e. The average molecular weight is 185 g/mol. The van der Waals surface area contributed by atoms with E-state index in [1.165, 1.54) is 11.1 Å². The number of hydrogen-bond donors (Lipinski definition) is 1. The predicted octanol–water partition coefficient (Wildman–Crippen LogP) is 2.88. The van der Waals surface area contributed by atoms with Crippen LogP contribution in [-0.4, -0.2) is 0 Å². The van der Waals surface area contributed by atoms with Crippen molar-refractivity contribution < 1.29 is 0 Å². The van der Waals surface area contributed by atoms with Crippen molar-refractivity contribution in [1.82, 2.24) is 0 Å². The van der Waals surface area contributed by atoms with Crippen molar-refractivity contribution in [3.05, 3.63) is 59.3 Å². The Morgan fingerprint density at radius 3 is 2.93 bits per heavy atom. The van der Waals surface area contributed by atoms with Crippen LogP contribution in [0.5, 0.6) is 0 Å². The lowest BCUT2D eigenvalue weighted by Crippen LogP contribution is -2.11. The SMILES string of the molecule is Cc1cccc(C2CC=CC=C2N)c1. The summed E-state index contributed by atoms with van der Waals surface area (Å²) in [4.78, 5) is 0. The molecule has 0 aliphatic heterocycles. The first-order chi connectivity index (χ1) is 6.77. The van der Waals surface area contributed by atoms with Crippen molar-refractivity contribution in [2.75, 3.05) is 0 Å². The smallest absolute Gasteiger partial charge is 0.0270 e. The number of nitrogens with two attached hydrogens (primary N) is 1. The quantitative estimate of drug-likeness (QED) is 0.715. The second-order valence-corrected chi connectivity index (χ2v) is 3.80. The molecule has 0 fully saturated rings. The third-order valence-corrected chi connectivity index (χ3v) is 2.64. The molecule has 1 unspecified atom stereocenters. The van der Waals surface area contributed by atoms with Gasteiger partial charge in [-0.1, -0.05) is 42.0 Å². The van der Waals surface area contributed by atoms with Crippen LogP contribution in [0.4, 0.5) is 0 Å². The molecule has 2 N–H and O–H groups in total. The van der Waals surface area contributed by atoms with Crippen LogP contribution in [0, 0.1) is 6.92 Å². The molecule has 1 heteroatoms. The molecule has 0 radical (unpaired) electrons. The van der Waals surface area contributed by atoms with E-state index < -0.39 is 0 Å². The lowest BCUT2D eigenvalue weighted by Gasteiger charge is -2.18. The van der Waals surface area contributed by atoms with Crippen molar-refractivity contribution in [2.24, 2.45) is 5.73 Å². The van der Waals surface area contributed by atoms with Crippen LogP contribution in [0.2, 0.25) is 0 Å². The largest absolute Gasteiger partial charge is 0.402 e. The fourth-order valence-corrected chi connectivity index (χ4v) is 1.86. The molecule has 0 heterocycles. The first-order valence-electron chi connectivity index (χ1n) is 4.96. The normalized spacial score (nSPS) is 20.6. The van der Waals surface area contributed by atoms with Crippen molar-refractivity contribution in [2.45, 2.75) is 19.3 Å². The molecule has 14 heavy (non-hydrogen) atoms. The van der Waals surface area contributed by atoms with Gasteiger partial charge in [0.15, 0.2) is 0 Å². The average Bonchev–Trinajstić information content (AvgIpc) is 2.18. The number of benzene rings is 1. The number of aryl methyl sites for hydroxylation is 1. The third kappa shape index (κ3) is 1.72. The molecule has 0 spiro atoms. The zero-order valence-corrected chi connectivity index (χ0v) is 8.40. The molecule has 0 amide bonds. The van der Waals surface area contributed by atoms with Gasteiger partial charge in [0.05, 0.1) is 0 Å². The van der Waals surface area contributed by atoms with E-state index in [-0.39, 0.29) is 0 Å². The summed E-state index contributed by atoms with van der Waals surface area (Å²) in [7, 11) is 0. The Bertz CT molecular complexity index is 388. The van der Waals surface area contributed by atoms with E-state index >= 15 is 0 Å². The Kier molecular flexibility index (Phi) is 2.40. The zero-order valence-electron chi connectivity index (χ0n) is 8.40. The molecule has 1 aromatic carbocycles. The molecule has 0 bridgehead atoms. The predicted molar refractivity (Wildman–Crippen MR) is 59.9 cm³/mol. The summed E-state index contributed by atoms with van der Waals surface area (Å²) in [6.45, 7) is 2.11. The van der Waals surface area contributed by atoms with Crippen LogP contribution in [0.1, 0.15) is 23.5 Å². The van der Waals surface area contributed by atoms with Crippen LogP contribution in [-0.2, 0) is 0 Å². The van der Waals surface area contributed by atoms with Gasteiger partial charge in [-0.25, -0.2) is 0 Å². The van der Waals surface area contributed by atoms with Gasteiger partial charge < -0.3 is 5.73 Å². The first-order valence-corrected chi connectivity index (χ1v) is 4.96. The highest BCUT2D eigenvalue weighted by Gasteiger charge is 2.14. The van der Waals surface area contributed by atoms with Gasteiger partial charge in [-0.15, -0.1) is 0 Å². The lowest BCUT2D eigenvalue weighted by molar-refractivity contribution is 0.785. The molecule has 0 saturated carbocycles. The van der Waals surface area contributed by atoms with Gasteiger partial charge in [0.2, 0.25) is 0 Å². The fourth-order valence-electron chi connectivity index (χ4n) is 1.86. The lowest BCUT2D eigenvalue weighted by atomic mass is 9.89. The molecule has 1 nitrogen and oxygen atoms in total. The van der Waals surface area contributed by atoms with Crippen molar-refractivity contribution in [3.8, 4) is 0 Å². The minimum atomic E-state index is 0.375. The minimum absolute atomic E-state index is 0.375. The molecule has 72 valence electrons. The van der Waals surface area contributed by atoms with Crippen LogP contribution >= 0.6 is 0 Å². The fraction of sp³-hybridized carbons (Fsp3) is 0.231. The second-order valence-electron chi connectivity index (χ2n) is 3.80. The number of hydrogen-bond acceptors (Lipinski definition) is 1. The Morgan fingerprint density at radius 2 is 2.21 bits per heavy atom. The monoisotopic (exact) mass is 185 g/mol. The second kappa shape index (κ2) is 3.70. The van der Waals surface area contributed by atoms with E-state index in [1.54, 1.807) is 0 Å². The molecular formula is C13H15N. The molecule has 2 rings (SSSR count). The standard InChI is InChI=1S/C13H15N/c1-10-5-4-6-11(9-10)12-7-2-3-8-13(12)14/h2-6,8-9,12H,7,14H2,1H3. The van der Waals surface area contributed by atoms with Gasteiger partial charge in [-0.3, -0.25) is 0 Å². The zero-order chi connectivity index (χ0) is 9.97.